The maximum Gasteiger partial charge on any atom is 0.410 e. The van der Waals surface area contributed by atoms with Crippen LogP contribution in [0.1, 0.15) is 48.4 Å². The summed E-state index contributed by atoms with van der Waals surface area (Å²) < 4.78 is 32.0. The molecular weight excluding hydrogens is 552 g/mol. The normalized spacial score (nSPS) is 12.5. The van der Waals surface area contributed by atoms with Crippen molar-refractivity contribution in [3.63, 3.8) is 0 Å². The molecule has 0 aromatic heterocycles. The Labute approximate surface area is 241 Å². The molecule has 1 N–H and O–H groups in total. The van der Waals surface area contributed by atoms with Crippen molar-refractivity contribution in [2.45, 2.75) is 48.7 Å². The first-order valence-corrected chi connectivity index (χ1v) is 14.6. The topological polar surface area (TPSA) is 104 Å². The van der Waals surface area contributed by atoms with Crippen molar-refractivity contribution in [3.8, 4) is 0 Å². The van der Waals surface area contributed by atoms with Crippen molar-refractivity contribution in [2.75, 3.05) is 27.2 Å². The summed E-state index contributed by atoms with van der Waals surface area (Å²) in [7, 11) is -0.649. The second kappa shape index (κ2) is 12.8. The minimum absolute atomic E-state index is 0.0102. The number of sulfone groups is 1. The van der Waals surface area contributed by atoms with E-state index in [0.717, 1.165) is 5.56 Å². The van der Waals surface area contributed by atoms with Crippen molar-refractivity contribution in [1.82, 2.24) is 9.80 Å². The number of rotatable bonds is 9. The first-order chi connectivity index (χ1) is 18.7. The first-order valence-electron chi connectivity index (χ1n) is 12.7. The lowest BCUT2D eigenvalue weighted by Gasteiger charge is -2.29. The summed E-state index contributed by atoms with van der Waals surface area (Å²) in [4.78, 5) is 28.2. The zero-order valence-electron chi connectivity index (χ0n) is 23.3. The van der Waals surface area contributed by atoms with Gasteiger partial charge in [0.05, 0.1) is 22.4 Å². The lowest BCUT2D eigenvalue weighted by Crippen LogP contribution is -2.40. The number of ether oxygens (including phenoxy) is 1. The fraction of sp³-hybridized carbons (Fsp3) is 0.333. The van der Waals surface area contributed by atoms with Crippen molar-refractivity contribution in [3.05, 3.63) is 94.5 Å². The molecule has 0 unspecified atom stereocenters. The zero-order valence-corrected chi connectivity index (χ0v) is 24.9. The van der Waals surface area contributed by atoms with E-state index in [9.17, 15) is 23.1 Å². The molecule has 2 amide bonds. The number of halogens is 1. The number of benzene rings is 3. The highest BCUT2D eigenvalue weighted by atomic mass is 35.5. The van der Waals surface area contributed by atoms with Gasteiger partial charge in [0.15, 0.2) is 0 Å². The third kappa shape index (κ3) is 8.30. The molecule has 0 saturated carbocycles. The van der Waals surface area contributed by atoms with Crippen molar-refractivity contribution in [1.29, 1.82) is 0 Å². The summed E-state index contributed by atoms with van der Waals surface area (Å²) in [5.41, 5.74) is 0.930. The van der Waals surface area contributed by atoms with Crippen LogP contribution in [0.4, 0.5) is 4.79 Å². The molecule has 0 aliphatic rings. The monoisotopic (exact) mass is 586 g/mol. The zero-order chi connectivity index (χ0) is 29.7. The van der Waals surface area contributed by atoms with Gasteiger partial charge in [-0.2, -0.15) is 0 Å². The Bertz CT molecular complexity index is 1450. The number of amides is 2. The second-order valence-electron chi connectivity index (χ2n) is 10.6. The van der Waals surface area contributed by atoms with Crippen LogP contribution in [0.2, 0.25) is 5.02 Å². The Hall–Kier alpha value is -3.40. The molecule has 0 aliphatic carbocycles. The highest BCUT2D eigenvalue weighted by Gasteiger charge is 2.25. The van der Waals surface area contributed by atoms with E-state index in [1.54, 1.807) is 83.4 Å². The highest BCUT2D eigenvalue weighted by Crippen LogP contribution is 2.24. The van der Waals surface area contributed by atoms with Crippen LogP contribution in [-0.2, 0) is 21.0 Å². The number of hydrogen-bond acceptors (Lipinski definition) is 6. The van der Waals surface area contributed by atoms with Gasteiger partial charge in [0.2, 0.25) is 9.84 Å². The Morgan fingerprint density at radius 3 is 2.20 bits per heavy atom. The maximum absolute atomic E-state index is 13.2. The molecule has 3 aromatic carbocycles. The summed E-state index contributed by atoms with van der Waals surface area (Å²) in [6.07, 6.45) is -1.15. The Balaban J connectivity index is 1.76. The average Bonchev–Trinajstić information content (AvgIpc) is 2.89. The lowest BCUT2D eigenvalue weighted by molar-refractivity contribution is 0.0147. The van der Waals surface area contributed by atoms with E-state index < -0.39 is 27.6 Å². The third-order valence-electron chi connectivity index (χ3n) is 5.98. The molecule has 0 bridgehead atoms. The average molecular weight is 587 g/mol. The van der Waals surface area contributed by atoms with Crippen molar-refractivity contribution < 1.29 is 27.9 Å². The minimum atomic E-state index is -3.85. The third-order valence-corrected chi connectivity index (χ3v) is 7.98. The van der Waals surface area contributed by atoms with Gasteiger partial charge < -0.3 is 19.6 Å². The molecule has 0 radical (unpaired) electrons. The van der Waals surface area contributed by atoms with E-state index in [0.29, 0.717) is 17.0 Å². The molecule has 0 spiro atoms. The van der Waals surface area contributed by atoms with Crippen LogP contribution in [0.25, 0.3) is 0 Å². The lowest BCUT2D eigenvalue weighted by atomic mass is 10.1. The highest BCUT2D eigenvalue weighted by molar-refractivity contribution is 7.91. The smallest absolute Gasteiger partial charge is 0.410 e. The van der Waals surface area contributed by atoms with Crippen molar-refractivity contribution >= 4 is 33.4 Å². The second-order valence-corrected chi connectivity index (χ2v) is 13.0. The number of carbonyl (C=O) groups is 2. The maximum atomic E-state index is 13.2. The number of hydrogen-bond donors (Lipinski definition) is 1. The minimum Gasteiger partial charge on any atom is -0.444 e. The van der Waals surface area contributed by atoms with Crippen LogP contribution < -0.4 is 0 Å². The van der Waals surface area contributed by atoms with Gasteiger partial charge in [-0.3, -0.25) is 4.79 Å². The number of nitrogens with zero attached hydrogens (tertiary/aromatic N) is 2. The molecule has 0 saturated heterocycles. The summed E-state index contributed by atoms with van der Waals surface area (Å²) in [5.74, 6) is -0.289. The van der Waals surface area contributed by atoms with Gasteiger partial charge in [0.1, 0.15) is 5.60 Å². The number of aliphatic hydroxyl groups is 1. The van der Waals surface area contributed by atoms with Gasteiger partial charge in [-0.25, -0.2) is 13.2 Å². The van der Waals surface area contributed by atoms with E-state index in [1.807, 2.05) is 0 Å². The Kier molecular flexibility index (Phi) is 10.00. The standard InChI is InChI=1S/C30H35ClN2O6S/c1-30(2,3)39-29(36)33(20-27(34)22-8-6-10-24(31)18-22)17-16-21-12-14-25(15-13-21)40(37,38)26-11-7-9-23(19-26)28(35)32(4)5/h6-15,18-19,27,34H,16-17,20H2,1-5H3/t27-/m0/s1. The fourth-order valence-corrected chi connectivity index (χ4v) is 5.41. The molecule has 0 aliphatic heterocycles. The van der Waals surface area contributed by atoms with Gasteiger partial charge in [-0.1, -0.05) is 41.9 Å². The van der Waals surface area contributed by atoms with E-state index in [-0.39, 0.29) is 34.4 Å². The van der Waals surface area contributed by atoms with Gasteiger partial charge >= 0.3 is 6.09 Å². The van der Waals surface area contributed by atoms with Gasteiger partial charge in [-0.05, 0) is 80.8 Å². The van der Waals surface area contributed by atoms with Gasteiger partial charge in [-0.15, -0.1) is 0 Å². The molecule has 1 atom stereocenters. The molecule has 3 rings (SSSR count). The number of aliphatic hydroxyl groups excluding tert-OH is 1. The van der Waals surface area contributed by atoms with Crippen LogP contribution >= 0.6 is 11.6 Å². The van der Waals surface area contributed by atoms with Gasteiger partial charge in [0, 0.05) is 31.2 Å². The molecule has 8 nitrogen and oxygen atoms in total. The van der Waals surface area contributed by atoms with Crippen LogP contribution in [-0.4, -0.2) is 68.1 Å². The van der Waals surface area contributed by atoms with Crippen LogP contribution in [0.15, 0.2) is 82.6 Å². The first kappa shape index (κ1) is 31.1. The summed E-state index contributed by atoms with van der Waals surface area (Å²) in [5, 5.41) is 11.3. The Morgan fingerprint density at radius 1 is 0.950 bits per heavy atom. The van der Waals surface area contributed by atoms with E-state index >= 15 is 0 Å². The number of carbonyl (C=O) groups excluding carboxylic acids is 2. The van der Waals surface area contributed by atoms with Crippen LogP contribution in [0.3, 0.4) is 0 Å². The summed E-state index contributed by atoms with van der Waals surface area (Å²) in [6, 6.07) is 19.1. The molecular formula is C30H35ClN2O6S. The molecule has 0 heterocycles. The quantitative estimate of drug-likeness (QED) is 0.361. The molecule has 40 heavy (non-hydrogen) atoms. The molecule has 0 fully saturated rings. The van der Waals surface area contributed by atoms with Crippen molar-refractivity contribution in [2.24, 2.45) is 0 Å². The van der Waals surface area contributed by atoms with Gasteiger partial charge in [0.25, 0.3) is 5.91 Å². The van der Waals surface area contributed by atoms with E-state index in [1.165, 1.54) is 34.1 Å². The van der Waals surface area contributed by atoms with Crippen LogP contribution in [0.5, 0.6) is 0 Å². The molecule has 3 aromatic rings. The summed E-state index contributed by atoms with van der Waals surface area (Å²) in [6.45, 7) is 5.52. The molecule has 10 heteroatoms. The van der Waals surface area contributed by atoms with E-state index in [4.69, 9.17) is 16.3 Å². The predicted molar refractivity (Wildman–Crippen MR) is 154 cm³/mol. The SMILES string of the molecule is CN(C)C(=O)c1cccc(S(=O)(=O)c2ccc(CCN(C[C@H](O)c3cccc(Cl)c3)C(=O)OC(C)(C)C)cc2)c1. The Morgan fingerprint density at radius 2 is 1.60 bits per heavy atom. The van der Waals surface area contributed by atoms with Crippen LogP contribution in [0, 0.1) is 0 Å². The molecule has 214 valence electrons. The fourth-order valence-electron chi connectivity index (χ4n) is 3.90. The largest absolute Gasteiger partial charge is 0.444 e. The summed E-state index contributed by atoms with van der Waals surface area (Å²) >= 11 is 6.06. The predicted octanol–water partition coefficient (Wildman–Crippen LogP) is 5.39. The van der Waals surface area contributed by atoms with E-state index in [2.05, 4.69) is 0 Å².